The molecule has 0 atom stereocenters. The van der Waals surface area contributed by atoms with Gasteiger partial charge in [0.2, 0.25) is 0 Å². The molecule has 1 aromatic heterocycles. The van der Waals surface area contributed by atoms with Gasteiger partial charge in [0.1, 0.15) is 0 Å². The highest BCUT2D eigenvalue weighted by molar-refractivity contribution is 6.07. The number of allylic oxidation sites excluding steroid dienone is 1. The molecule has 1 aliphatic heterocycles. The molecule has 0 spiro atoms. The molecular weight excluding hydrogens is 677 g/mol. The maximum Gasteiger partial charge on any atom is 0.0701 e. The summed E-state index contributed by atoms with van der Waals surface area (Å²) in [5.41, 5.74) is 16.9. The maximum absolute atomic E-state index is 4.64. The second-order valence-electron chi connectivity index (χ2n) is 14.9. The average Bonchev–Trinajstić information content (AvgIpc) is 3.29. The molecule has 7 aromatic carbocycles. The van der Waals surface area contributed by atoms with E-state index in [9.17, 15) is 0 Å². The summed E-state index contributed by atoms with van der Waals surface area (Å²) >= 11 is 0. The van der Waals surface area contributed by atoms with E-state index in [1.807, 2.05) is 12.3 Å². The van der Waals surface area contributed by atoms with E-state index in [1.54, 1.807) is 0 Å². The molecule has 2 heteroatoms. The first kappa shape index (κ1) is 33.8. The van der Waals surface area contributed by atoms with Crippen molar-refractivity contribution >= 4 is 28.6 Å². The van der Waals surface area contributed by atoms with Gasteiger partial charge in [-0.05, 0) is 144 Å². The SMILES string of the molecule is C1=C(c2ccc(-c3c4c(c(-c5ccc(-c6ccccn6)cc5)c5cc(-c6cc(-c7ccccc7)cc(-c7ccccc7)c6)ccc35)=CCCC=4)cc2)NCCC1. The van der Waals surface area contributed by atoms with Crippen molar-refractivity contribution in [2.24, 2.45) is 0 Å². The molecular formula is C54H42N2. The second kappa shape index (κ2) is 14.8. The van der Waals surface area contributed by atoms with Gasteiger partial charge in [-0.3, -0.25) is 4.98 Å². The molecule has 1 N–H and O–H groups in total. The highest BCUT2D eigenvalue weighted by Crippen LogP contribution is 2.38. The molecule has 0 unspecified atom stereocenters. The van der Waals surface area contributed by atoms with E-state index in [0.717, 1.165) is 37.1 Å². The van der Waals surface area contributed by atoms with Crippen LogP contribution in [0, 0.1) is 0 Å². The van der Waals surface area contributed by atoms with Crippen LogP contribution in [-0.2, 0) is 0 Å². The topological polar surface area (TPSA) is 24.9 Å². The van der Waals surface area contributed by atoms with Crippen LogP contribution >= 0.6 is 0 Å². The number of nitrogens with one attached hydrogen (secondary N) is 1. The van der Waals surface area contributed by atoms with Gasteiger partial charge in [-0.1, -0.05) is 146 Å². The Kier molecular flexibility index (Phi) is 8.93. The zero-order chi connectivity index (χ0) is 37.3. The van der Waals surface area contributed by atoms with Gasteiger partial charge in [-0.2, -0.15) is 0 Å². The van der Waals surface area contributed by atoms with Gasteiger partial charge in [0.25, 0.3) is 0 Å². The van der Waals surface area contributed by atoms with Crippen molar-refractivity contribution in [2.75, 3.05) is 6.54 Å². The molecule has 56 heavy (non-hydrogen) atoms. The van der Waals surface area contributed by atoms with Crippen molar-refractivity contribution in [3.05, 3.63) is 192 Å². The number of fused-ring (bicyclic) bond motifs is 2. The van der Waals surface area contributed by atoms with Crippen LogP contribution in [0.5, 0.6) is 0 Å². The van der Waals surface area contributed by atoms with Gasteiger partial charge in [0.05, 0.1) is 5.69 Å². The van der Waals surface area contributed by atoms with Gasteiger partial charge in [-0.25, -0.2) is 0 Å². The summed E-state index contributed by atoms with van der Waals surface area (Å²) < 4.78 is 0. The third-order valence-electron chi connectivity index (χ3n) is 11.4. The Bertz CT molecular complexity index is 2800. The minimum Gasteiger partial charge on any atom is -0.385 e. The number of rotatable bonds is 7. The smallest absolute Gasteiger partial charge is 0.0701 e. The zero-order valence-electron chi connectivity index (χ0n) is 31.4. The van der Waals surface area contributed by atoms with Gasteiger partial charge < -0.3 is 5.32 Å². The van der Waals surface area contributed by atoms with E-state index in [-0.39, 0.29) is 0 Å². The van der Waals surface area contributed by atoms with Crippen LogP contribution in [0.2, 0.25) is 0 Å². The summed E-state index contributed by atoms with van der Waals surface area (Å²) in [6, 6.07) is 60.1. The van der Waals surface area contributed by atoms with Crippen LogP contribution in [-0.4, -0.2) is 11.5 Å². The van der Waals surface area contributed by atoms with Crippen molar-refractivity contribution in [3.63, 3.8) is 0 Å². The summed E-state index contributed by atoms with van der Waals surface area (Å²) in [6.45, 7) is 1.03. The maximum atomic E-state index is 4.64. The fraction of sp³-hybridized carbons (Fsp3) is 0.0926. The lowest BCUT2D eigenvalue weighted by Gasteiger charge is -2.20. The molecule has 2 heterocycles. The predicted molar refractivity (Wildman–Crippen MR) is 237 cm³/mol. The number of benzene rings is 7. The first-order chi connectivity index (χ1) is 27.8. The standard InChI is InChI=1S/C54H42N2/c1-3-13-37(14-4-1)44-33-45(38-15-5-2-6-16-38)35-46(34-44)43-29-30-49-50(36-43)54(42-27-23-40(24-28-42)52-20-10-12-32-56-52)48-18-8-7-17-47(48)53(49)41-25-21-39(22-26-41)51-19-9-11-31-55-51/h1-6,10,12-30,32-36,55H,7-9,11,31H2. The Morgan fingerprint density at radius 2 is 0.911 bits per heavy atom. The number of aromatic nitrogens is 1. The normalized spacial score (nSPS) is 13.5. The van der Waals surface area contributed by atoms with Crippen LogP contribution in [0.4, 0.5) is 0 Å². The zero-order valence-corrected chi connectivity index (χ0v) is 31.4. The van der Waals surface area contributed by atoms with E-state index in [1.165, 1.54) is 94.5 Å². The summed E-state index contributed by atoms with van der Waals surface area (Å²) in [5.74, 6) is 0. The van der Waals surface area contributed by atoms with Crippen molar-refractivity contribution in [1.82, 2.24) is 10.3 Å². The molecule has 0 radical (unpaired) electrons. The first-order valence-electron chi connectivity index (χ1n) is 19.9. The van der Waals surface area contributed by atoms with Crippen LogP contribution < -0.4 is 15.8 Å². The van der Waals surface area contributed by atoms with E-state index in [0.29, 0.717) is 0 Å². The quantitative estimate of drug-likeness (QED) is 0.177. The van der Waals surface area contributed by atoms with Gasteiger partial charge >= 0.3 is 0 Å². The lowest BCUT2D eigenvalue weighted by molar-refractivity contribution is 0.743. The van der Waals surface area contributed by atoms with Crippen LogP contribution in [0.15, 0.2) is 176 Å². The van der Waals surface area contributed by atoms with Crippen LogP contribution in [0.25, 0.3) is 95.5 Å². The van der Waals surface area contributed by atoms with Gasteiger partial charge in [0, 0.05) is 24.0 Å². The van der Waals surface area contributed by atoms with E-state index >= 15 is 0 Å². The highest BCUT2D eigenvalue weighted by Gasteiger charge is 2.18. The number of nitrogens with zero attached hydrogens (tertiary/aromatic N) is 1. The Morgan fingerprint density at radius 3 is 1.48 bits per heavy atom. The average molecular weight is 719 g/mol. The van der Waals surface area contributed by atoms with Crippen molar-refractivity contribution in [3.8, 4) is 66.9 Å². The molecule has 0 bridgehead atoms. The molecule has 0 fully saturated rings. The van der Waals surface area contributed by atoms with E-state index < -0.39 is 0 Å². The Hall–Kier alpha value is -6.77. The Morgan fingerprint density at radius 1 is 0.375 bits per heavy atom. The summed E-state index contributed by atoms with van der Waals surface area (Å²) in [5, 5.41) is 8.80. The highest BCUT2D eigenvalue weighted by atomic mass is 14.9. The van der Waals surface area contributed by atoms with Crippen molar-refractivity contribution in [1.29, 1.82) is 0 Å². The minimum absolute atomic E-state index is 0.985. The third-order valence-corrected chi connectivity index (χ3v) is 11.4. The fourth-order valence-electron chi connectivity index (χ4n) is 8.62. The summed E-state index contributed by atoms with van der Waals surface area (Å²) in [7, 11) is 0. The number of hydrogen-bond acceptors (Lipinski definition) is 2. The fourth-order valence-corrected chi connectivity index (χ4v) is 8.62. The predicted octanol–water partition coefficient (Wildman–Crippen LogP) is 12.3. The lowest BCUT2D eigenvalue weighted by Crippen LogP contribution is -2.31. The lowest BCUT2D eigenvalue weighted by atomic mass is 9.84. The molecule has 2 aliphatic rings. The monoisotopic (exact) mass is 718 g/mol. The number of hydrogen-bond donors (Lipinski definition) is 1. The van der Waals surface area contributed by atoms with Crippen molar-refractivity contribution < 1.29 is 0 Å². The minimum atomic E-state index is 0.985. The van der Waals surface area contributed by atoms with Gasteiger partial charge in [-0.15, -0.1) is 0 Å². The molecule has 10 rings (SSSR count). The summed E-state index contributed by atoms with van der Waals surface area (Å²) in [6.07, 6.45) is 13.5. The second-order valence-corrected chi connectivity index (χ2v) is 14.9. The van der Waals surface area contributed by atoms with Crippen molar-refractivity contribution in [2.45, 2.75) is 25.7 Å². The largest absolute Gasteiger partial charge is 0.385 e. The number of pyridine rings is 1. The molecule has 0 saturated carbocycles. The molecule has 0 amide bonds. The van der Waals surface area contributed by atoms with E-state index in [4.69, 9.17) is 0 Å². The third kappa shape index (κ3) is 6.44. The Labute approximate surface area is 328 Å². The molecule has 2 nitrogen and oxygen atoms in total. The van der Waals surface area contributed by atoms with Crippen LogP contribution in [0.1, 0.15) is 31.2 Å². The molecule has 8 aromatic rings. The molecule has 1 aliphatic carbocycles. The van der Waals surface area contributed by atoms with E-state index in [2.05, 4.69) is 186 Å². The Balaban J connectivity index is 1.21. The molecule has 268 valence electrons. The molecule has 0 saturated heterocycles. The van der Waals surface area contributed by atoms with Gasteiger partial charge in [0.15, 0.2) is 0 Å². The van der Waals surface area contributed by atoms with Crippen LogP contribution in [0.3, 0.4) is 0 Å². The summed E-state index contributed by atoms with van der Waals surface area (Å²) in [4.78, 5) is 4.64. The first-order valence-corrected chi connectivity index (χ1v) is 19.9.